The number of anilines is 2. The third-order valence-electron chi connectivity index (χ3n) is 2.90. The van der Waals surface area contributed by atoms with Gasteiger partial charge >= 0.3 is 0 Å². The molecule has 0 heterocycles. The quantitative estimate of drug-likeness (QED) is 0.502. The van der Waals surface area contributed by atoms with Crippen LogP contribution in [0.15, 0.2) is 42.5 Å². The normalized spacial score (nSPS) is 10.2. The van der Waals surface area contributed by atoms with Gasteiger partial charge in [0.2, 0.25) is 5.91 Å². The van der Waals surface area contributed by atoms with Crippen LogP contribution in [-0.4, -0.2) is 16.1 Å². The van der Waals surface area contributed by atoms with Crippen LogP contribution in [-0.2, 0) is 17.8 Å². The molecule has 1 amide bonds. The lowest BCUT2D eigenvalue weighted by Crippen LogP contribution is -2.15. The molecule has 5 N–H and O–H groups in total. The maximum absolute atomic E-state index is 11.9. The second-order valence-corrected chi connectivity index (χ2v) is 4.46. The van der Waals surface area contributed by atoms with Crippen LogP contribution >= 0.6 is 0 Å². The fourth-order valence-electron chi connectivity index (χ4n) is 1.82. The molecule has 0 atom stereocenters. The van der Waals surface area contributed by atoms with Gasteiger partial charge < -0.3 is 21.3 Å². The van der Waals surface area contributed by atoms with E-state index in [0.29, 0.717) is 16.9 Å². The van der Waals surface area contributed by atoms with E-state index in [4.69, 9.17) is 10.8 Å². The topological polar surface area (TPSA) is 95.6 Å². The summed E-state index contributed by atoms with van der Waals surface area (Å²) in [6.07, 6.45) is 0.0853. The highest BCUT2D eigenvalue weighted by atomic mass is 16.3. The molecule has 0 aromatic heterocycles. The number of carbonyl (C=O) groups is 1. The van der Waals surface area contributed by atoms with Crippen molar-refractivity contribution >= 4 is 17.3 Å². The second-order valence-electron chi connectivity index (χ2n) is 4.46. The molecule has 0 fully saturated rings. The summed E-state index contributed by atoms with van der Waals surface area (Å²) in [6, 6.07) is 11.4. The zero-order valence-corrected chi connectivity index (χ0v) is 10.8. The van der Waals surface area contributed by atoms with E-state index in [1.165, 1.54) is 12.1 Å². The SMILES string of the molecule is Nc1ccc(O)cc1CC(=O)Nc1ccc(CO)cc1. The Morgan fingerprint density at radius 3 is 2.50 bits per heavy atom. The van der Waals surface area contributed by atoms with Crippen molar-refractivity contribution in [3.63, 3.8) is 0 Å². The molecule has 2 rings (SSSR count). The van der Waals surface area contributed by atoms with Crippen LogP contribution in [0.3, 0.4) is 0 Å². The van der Waals surface area contributed by atoms with Gasteiger partial charge in [-0.3, -0.25) is 4.79 Å². The summed E-state index contributed by atoms with van der Waals surface area (Å²) in [5.74, 6) is -0.145. The molecule has 0 spiro atoms. The van der Waals surface area contributed by atoms with Gasteiger partial charge in [-0.2, -0.15) is 0 Å². The Morgan fingerprint density at radius 2 is 1.85 bits per heavy atom. The summed E-state index contributed by atoms with van der Waals surface area (Å²) >= 11 is 0. The molecular weight excluding hydrogens is 256 g/mol. The van der Waals surface area contributed by atoms with Crippen LogP contribution in [0.25, 0.3) is 0 Å². The van der Waals surface area contributed by atoms with E-state index in [0.717, 1.165) is 5.56 Å². The Hall–Kier alpha value is -2.53. The maximum atomic E-state index is 11.9. The summed E-state index contributed by atoms with van der Waals surface area (Å²) in [6.45, 7) is -0.0337. The summed E-state index contributed by atoms with van der Waals surface area (Å²) < 4.78 is 0. The molecule has 5 heteroatoms. The van der Waals surface area contributed by atoms with E-state index in [-0.39, 0.29) is 24.7 Å². The molecule has 0 unspecified atom stereocenters. The van der Waals surface area contributed by atoms with Gasteiger partial charge in [0.25, 0.3) is 0 Å². The van der Waals surface area contributed by atoms with Crippen molar-refractivity contribution in [1.82, 2.24) is 0 Å². The number of aliphatic hydroxyl groups is 1. The van der Waals surface area contributed by atoms with Crippen molar-refractivity contribution in [2.75, 3.05) is 11.1 Å². The average molecular weight is 272 g/mol. The molecule has 0 radical (unpaired) electrons. The lowest BCUT2D eigenvalue weighted by atomic mass is 10.1. The number of aromatic hydroxyl groups is 1. The number of nitrogens with two attached hydrogens (primary N) is 1. The summed E-state index contributed by atoms with van der Waals surface area (Å²) in [4.78, 5) is 11.9. The zero-order chi connectivity index (χ0) is 14.5. The molecular formula is C15H16N2O3. The Kier molecular flexibility index (Phi) is 4.22. The lowest BCUT2D eigenvalue weighted by Gasteiger charge is -2.08. The Morgan fingerprint density at radius 1 is 1.15 bits per heavy atom. The van der Waals surface area contributed by atoms with Crippen LogP contribution in [0.1, 0.15) is 11.1 Å². The van der Waals surface area contributed by atoms with Crippen LogP contribution in [0.5, 0.6) is 5.75 Å². The van der Waals surface area contributed by atoms with E-state index in [1.807, 2.05) is 0 Å². The van der Waals surface area contributed by atoms with Crippen LogP contribution < -0.4 is 11.1 Å². The molecule has 20 heavy (non-hydrogen) atoms. The van der Waals surface area contributed by atoms with E-state index < -0.39 is 0 Å². The van der Waals surface area contributed by atoms with E-state index in [1.54, 1.807) is 30.3 Å². The van der Waals surface area contributed by atoms with Gasteiger partial charge in [-0.25, -0.2) is 0 Å². The number of benzene rings is 2. The van der Waals surface area contributed by atoms with Gasteiger partial charge in [-0.1, -0.05) is 12.1 Å². The number of aliphatic hydroxyl groups excluding tert-OH is 1. The molecule has 2 aromatic rings. The Bertz CT molecular complexity index is 609. The van der Waals surface area contributed by atoms with E-state index >= 15 is 0 Å². The predicted octanol–water partition coefficient (Wildman–Crippen LogP) is 1.65. The van der Waals surface area contributed by atoms with Gasteiger partial charge in [-0.15, -0.1) is 0 Å². The van der Waals surface area contributed by atoms with Crippen molar-refractivity contribution in [2.24, 2.45) is 0 Å². The summed E-state index contributed by atoms with van der Waals surface area (Å²) in [5.41, 5.74) is 8.22. The second kappa shape index (κ2) is 6.08. The highest BCUT2D eigenvalue weighted by molar-refractivity contribution is 5.93. The molecule has 0 saturated carbocycles. The molecule has 0 aliphatic rings. The fraction of sp³-hybridized carbons (Fsp3) is 0.133. The largest absolute Gasteiger partial charge is 0.508 e. The van der Waals surface area contributed by atoms with E-state index in [9.17, 15) is 9.90 Å². The Labute approximate surface area is 116 Å². The molecule has 0 bridgehead atoms. The molecule has 0 aliphatic carbocycles. The number of phenols is 1. The predicted molar refractivity (Wildman–Crippen MR) is 77.2 cm³/mol. The first kappa shape index (κ1) is 13.9. The standard InChI is InChI=1S/C15H16N2O3/c16-14-6-5-13(19)7-11(14)8-15(20)17-12-3-1-10(9-18)2-4-12/h1-7,18-19H,8-9,16H2,(H,17,20). The number of phenolic OH excluding ortho intramolecular Hbond substituents is 1. The van der Waals surface area contributed by atoms with Crippen LogP contribution in [0.4, 0.5) is 11.4 Å². The minimum absolute atomic E-state index is 0.0337. The lowest BCUT2D eigenvalue weighted by molar-refractivity contribution is -0.115. The molecule has 0 saturated heterocycles. The first-order chi connectivity index (χ1) is 9.58. The Balaban J connectivity index is 2.03. The van der Waals surface area contributed by atoms with E-state index in [2.05, 4.69) is 5.32 Å². The summed E-state index contributed by atoms with van der Waals surface area (Å²) in [7, 11) is 0. The highest BCUT2D eigenvalue weighted by Gasteiger charge is 2.08. The maximum Gasteiger partial charge on any atom is 0.228 e. The number of nitrogen functional groups attached to an aromatic ring is 1. The van der Waals surface area contributed by atoms with Crippen molar-refractivity contribution < 1.29 is 15.0 Å². The first-order valence-corrected chi connectivity index (χ1v) is 6.15. The van der Waals surface area contributed by atoms with Gasteiger partial charge in [-0.05, 0) is 41.5 Å². The van der Waals surface area contributed by atoms with Crippen LogP contribution in [0, 0.1) is 0 Å². The highest BCUT2D eigenvalue weighted by Crippen LogP contribution is 2.19. The van der Waals surface area contributed by atoms with Crippen molar-refractivity contribution in [1.29, 1.82) is 0 Å². The van der Waals surface area contributed by atoms with Crippen molar-refractivity contribution in [3.05, 3.63) is 53.6 Å². The number of hydrogen-bond acceptors (Lipinski definition) is 4. The molecule has 0 aliphatic heterocycles. The van der Waals surface area contributed by atoms with Gasteiger partial charge in [0.05, 0.1) is 13.0 Å². The number of amides is 1. The summed E-state index contributed by atoms with van der Waals surface area (Å²) in [5, 5.41) is 21.1. The third kappa shape index (κ3) is 3.49. The van der Waals surface area contributed by atoms with Crippen molar-refractivity contribution in [3.8, 4) is 5.75 Å². The van der Waals surface area contributed by atoms with Crippen molar-refractivity contribution in [2.45, 2.75) is 13.0 Å². The minimum atomic E-state index is -0.223. The number of hydrogen-bond donors (Lipinski definition) is 4. The molecule has 5 nitrogen and oxygen atoms in total. The number of carbonyl (C=O) groups excluding carboxylic acids is 1. The molecule has 2 aromatic carbocycles. The smallest absolute Gasteiger partial charge is 0.228 e. The fourth-order valence-corrected chi connectivity index (χ4v) is 1.82. The van der Waals surface area contributed by atoms with Gasteiger partial charge in [0.1, 0.15) is 5.75 Å². The van der Waals surface area contributed by atoms with Crippen LogP contribution in [0.2, 0.25) is 0 Å². The number of nitrogens with one attached hydrogen (secondary N) is 1. The minimum Gasteiger partial charge on any atom is -0.508 e. The van der Waals surface area contributed by atoms with Gasteiger partial charge in [0, 0.05) is 11.4 Å². The zero-order valence-electron chi connectivity index (χ0n) is 10.8. The number of rotatable bonds is 4. The molecule has 104 valence electrons. The average Bonchev–Trinajstić information content (AvgIpc) is 2.43. The van der Waals surface area contributed by atoms with Gasteiger partial charge in [0.15, 0.2) is 0 Å². The monoisotopic (exact) mass is 272 g/mol. The third-order valence-corrected chi connectivity index (χ3v) is 2.90. The first-order valence-electron chi connectivity index (χ1n) is 6.15.